The molecule has 1 aromatic rings. The summed E-state index contributed by atoms with van der Waals surface area (Å²) in [6, 6.07) is 3.44. The highest BCUT2D eigenvalue weighted by Crippen LogP contribution is 2.21. The van der Waals surface area contributed by atoms with E-state index in [1.807, 2.05) is 0 Å². The summed E-state index contributed by atoms with van der Waals surface area (Å²) in [6.45, 7) is 2.98. The van der Waals surface area contributed by atoms with Crippen LogP contribution in [-0.2, 0) is 15.1 Å². The van der Waals surface area contributed by atoms with Crippen molar-refractivity contribution in [1.29, 1.82) is 0 Å². The predicted octanol–water partition coefficient (Wildman–Crippen LogP) is 1.15. The van der Waals surface area contributed by atoms with Crippen LogP contribution < -0.4 is 5.32 Å². The Morgan fingerprint density at radius 2 is 2.33 bits per heavy atom. The van der Waals surface area contributed by atoms with Gasteiger partial charge in [-0.25, -0.2) is 4.79 Å². The molecule has 98 valence electrons. The number of carbonyl (C=O) groups is 1. The quantitative estimate of drug-likeness (QED) is 0.820. The van der Waals surface area contributed by atoms with Crippen LogP contribution in [0.5, 0.6) is 0 Å². The summed E-state index contributed by atoms with van der Waals surface area (Å²) in [5.74, 6) is -0.897. The molecule has 0 aromatic carbocycles. The second kappa shape index (κ2) is 5.46. The molecular weight excluding hydrogens is 232 g/mol. The number of rotatable bonds is 5. The van der Waals surface area contributed by atoms with Gasteiger partial charge in [-0.2, -0.15) is 0 Å². The molecule has 0 bridgehead atoms. The molecule has 5 nitrogen and oxygen atoms in total. The van der Waals surface area contributed by atoms with Gasteiger partial charge in [-0.15, -0.1) is 0 Å². The number of aromatic nitrogens is 1. The Balaban J connectivity index is 2.09. The number of hydrogen-bond acceptors (Lipinski definition) is 4. The largest absolute Gasteiger partial charge is 0.480 e. The average Bonchev–Trinajstić information content (AvgIpc) is 2.90. The summed E-state index contributed by atoms with van der Waals surface area (Å²) in [6.07, 6.45) is 5.35. The van der Waals surface area contributed by atoms with Crippen LogP contribution in [0.3, 0.4) is 0 Å². The summed E-state index contributed by atoms with van der Waals surface area (Å²) in [5.41, 5.74) is -0.405. The van der Waals surface area contributed by atoms with Gasteiger partial charge >= 0.3 is 5.97 Å². The molecule has 18 heavy (non-hydrogen) atoms. The fourth-order valence-electron chi connectivity index (χ4n) is 2.11. The number of carboxylic acids is 1. The van der Waals surface area contributed by atoms with Crippen LogP contribution in [0, 0.1) is 0 Å². The third-order valence-corrected chi connectivity index (χ3v) is 3.39. The molecule has 2 unspecified atom stereocenters. The molecule has 1 aliphatic rings. The van der Waals surface area contributed by atoms with E-state index in [0.717, 1.165) is 19.4 Å². The minimum absolute atomic E-state index is 0.116. The molecule has 1 saturated heterocycles. The second-order valence-electron chi connectivity index (χ2n) is 4.68. The van der Waals surface area contributed by atoms with E-state index in [9.17, 15) is 9.90 Å². The van der Waals surface area contributed by atoms with E-state index in [1.54, 1.807) is 31.5 Å². The van der Waals surface area contributed by atoms with Crippen molar-refractivity contribution in [2.24, 2.45) is 0 Å². The van der Waals surface area contributed by atoms with E-state index >= 15 is 0 Å². The van der Waals surface area contributed by atoms with Gasteiger partial charge in [-0.1, -0.05) is 0 Å². The van der Waals surface area contributed by atoms with E-state index in [1.165, 1.54) is 0 Å². The molecule has 5 heteroatoms. The number of nitrogens with one attached hydrogen (secondary N) is 1. The molecule has 1 aromatic heterocycles. The van der Waals surface area contributed by atoms with Gasteiger partial charge in [0, 0.05) is 25.5 Å². The minimum Gasteiger partial charge on any atom is -0.480 e. The van der Waals surface area contributed by atoms with Gasteiger partial charge in [0.15, 0.2) is 0 Å². The number of nitrogens with zero attached hydrogens (tertiary/aromatic N) is 1. The third kappa shape index (κ3) is 2.68. The Bertz CT molecular complexity index is 404. The molecule has 2 rings (SSSR count). The molecule has 2 heterocycles. The standard InChI is InChI=1S/C13H18N2O3/c1-13(12(16)17,10-4-6-14-7-5-10)15-9-11-3-2-8-18-11/h4-7,11,15H,2-3,8-9H2,1H3,(H,16,17). The molecule has 0 amide bonds. The third-order valence-electron chi connectivity index (χ3n) is 3.39. The van der Waals surface area contributed by atoms with Gasteiger partial charge in [0.2, 0.25) is 0 Å². The normalized spacial score (nSPS) is 22.6. The zero-order valence-electron chi connectivity index (χ0n) is 10.4. The molecule has 1 aliphatic heterocycles. The molecule has 0 aliphatic carbocycles. The van der Waals surface area contributed by atoms with Crippen molar-refractivity contribution in [3.05, 3.63) is 30.1 Å². The smallest absolute Gasteiger partial charge is 0.328 e. The monoisotopic (exact) mass is 250 g/mol. The van der Waals surface area contributed by atoms with Gasteiger partial charge in [-0.05, 0) is 37.5 Å². The molecule has 0 spiro atoms. The number of pyridine rings is 1. The Morgan fingerprint density at radius 1 is 1.61 bits per heavy atom. The van der Waals surface area contributed by atoms with Crippen LogP contribution in [0.15, 0.2) is 24.5 Å². The summed E-state index contributed by atoms with van der Waals surface area (Å²) >= 11 is 0. The Morgan fingerprint density at radius 3 is 2.89 bits per heavy atom. The molecular formula is C13H18N2O3. The van der Waals surface area contributed by atoms with Gasteiger partial charge < -0.3 is 9.84 Å². The number of ether oxygens (including phenoxy) is 1. The van der Waals surface area contributed by atoms with Crippen molar-refractivity contribution < 1.29 is 14.6 Å². The number of hydrogen-bond donors (Lipinski definition) is 2. The molecule has 2 N–H and O–H groups in total. The van der Waals surface area contributed by atoms with Crippen LogP contribution in [0.2, 0.25) is 0 Å². The Kier molecular flexibility index (Phi) is 3.93. The van der Waals surface area contributed by atoms with Crippen molar-refractivity contribution >= 4 is 5.97 Å². The zero-order chi connectivity index (χ0) is 13.0. The fraction of sp³-hybridized carbons (Fsp3) is 0.538. The summed E-state index contributed by atoms with van der Waals surface area (Å²) in [5, 5.41) is 12.5. The van der Waals surface area contributed by atoms with Crippen LogP contribution >= 0.6 is 0 Å². The first-order valence-corrected chi connectivity index (χ1v) is 6.13. The lowest BCUT2D eigenvalue weighted by molar-refractivity contribution is -0.144. The van der Waals surface area contributed by atoms with E-state index in [2.05, 4.69) is 10.3 Å². The maximum atomic E-state index is 11.5. The second-order valence-corrected chi connectivity index (χ2v) is 4.68. The first-order chi connectivity index (χ1) is 8.63. The van der Waals surface area contributed by atoms with E-state index in [4.69, 9.17) is 4.74 Å². The lowest BCUT2D eigenvalue weighted by atomic mass is 9.92. The first-order valence-electron chi connectivity index (χ1n) is 6.13. The summed E-state index contributed by atoms with van der Waals surface area (Å²) in [7, 11) is 0. The Hall–Kier alpha value is -1.46. The summed E-state index contributed by atoms with van der Waals surface area (Å²) < 4.78 is 5.50. The first kappa shape index (κ1) is 13.0. The highest BCUT2D eigenvalue weighted by Gasteiger charge is 2.35. The maximum absolute atomic E-state index is 11.5. The van der Waals surface area contributed by atoms with Crippen molar-refractivity contribution in [2.75, 3.05) is 13.2 Å². The maximum Gasteiger partial charge on any atom is 0.328 e. The highest BCUT2D eigenvalue weighted by atomic mass is 16.5. The van der Waals surface area contributed by atoms with E-state index < -0.39 is 11.5 Å². The minimum atomic E-state index is -1.10. The van der Waals surface area contributed by atoms with Crippen molar-refractivity contribution in [2.45, 2.75) is 31.4 Å². The topological polar surface area (TPSA) is 71.5 Å². The molecule has 0 radical (unpaired) electrons. The van der Waals surface area contributed by atoms with E-state index in [0.29, 0.717) is 12.1 Å². The summed E-state index contributed by atoms with van der Waals surface area (Å²) in [4.78, 5) is 15.4. The SMILES string of the molecule is CC(NCC1CCCO1)(C(=O)O)c1ccncc1. The van der Waals surface area contributed by atoms with Gasteiger partial charge in [0.05, 0.1) is 6.10 Å². The van der Waals surface area contributed by atoms with E-state index in [-0.39, 0.29) is 6.10 Å². The highest BCUT2D eigenvalue weighted by molar-refractivity contribution is 5.80. The van der Waals surface area contributed by atoms with Crippen molar-refractivity contribution in [1.82, 2.24) is 10.3 Å². The average molecular weight is 250 g/mol. The zero-order valence-corrected chi connectivity index (χ0v) is 10.4. The van der Waals surface area contributed by atoms with Gasteiger partial charge in [0.1, 0.15) is 5.54 Å². The van der Waals surface area contributed by atoms with Crippen molar-refractivity contribution in [3.8, 4) is 0 Å². The van der Waals surface area contributed by atoms with Crippen LogP contribution in [-0.4, -0.2) is 35.3 Å². The fourth-order valence-corrected chi connectivity index (χ4v) is 2.11. The van der Waals surface area contributed by atoms with Gasteiger partial charge in [0.25, 0.3) is 0 Å². The molecule has 2 atom stereocenters. The van der Waals surface area contributed by atoms with Gasteiger partial charge in [-0.3, -0.25) is 10.3 Å². The Labute approximate surface area is 106 Å². The van der Waals surface area contributed by atoms with Crippen LogP contribution in [0.25, 0.3) is 0 Å². The predicted molar refractivity (Wildman–Crippen MR) is 66.2 cm³/mol. The lowest BCUT2D eigenvalue weighted by Crippen LogP contribution is -2.49. The number of carboxylic acid groups (broad SMARTS) is 1. The van der Waals surface area contributed by atoms with Crippen LogP contribution in [0.4, 0.5) is 0 Å². The number of aliphatic carboxylic acids is 1. The van der Waals surface area contributed by atoms with Crippen molar-refractivity contribution in [3.63, 3.8) is 0 Å². The molecule has 0 saturated carbocycles. The van der Waals surface area contributed by atoms with Crippen LogP contribution in [0.1, 0.15) is 25.3 Å². The molecule has 1 fully saturated rings. The lowest BCUT2D eigenvalue weighted by Gasteiger charge is -2.28.